The zero-order valence-electron chi connectivity index (χ0n) is 12.0. The number of unbranched alkanes of at least 4 members (excludes halogenated alkanes) is 1. The molecular weight excluding hydrogens is 228 g/mol. The van der Waals surface area contributed by atoms with Crippen molar-refractivity contribution in [2.24, 2.45) is 5.84 Å². The number of nitrogens with one attached hydrogen (secondary N) is 1. The van der Waals surface area contributed by atoms with Gasteiger partial charge in [-0.2, -0.15) is 0 Å². The van der Waals surface area contributed by atoms with Crippen LogP contribution in [0.2, 0.25) is 0 Å². The van der Waals surface area contributed by atoms with Crippen LogP contribution in [0.1, 0.15) is 40.0 Å². The SMILES string of the molecule is CC(C)(C)N1CCN(CCCCC(=O)NN)CC1. The fourth-order valence-corrected chi connectivity index (χ4v) is 2.34. The summed E-state index contributed by atoms with van der Waals surface area (Å²) in [7, 11) is 0. The van der Waals surface area contributed by atoms with Crippen molar-refractivity contribution in [3.8, 4) is 0 Å². The molecule has 5 nitrogen and oxygen atoms in total. The lowest BCUT2D eigenvalue weighted by Gasteiger charge is -2.42. The zero-order valence-corrected chi connectivity index (χ0v) is 12.0. The molecule has 0 bridgehead atoms. The van der Waals surface area contributed by atoms with Crippen LogP contribution in [-0.4, -0.2) is 54.0 Å². The van der Waals surface area contributed by atoms with Crippen LogP contribution in [0.5, 0.6) is 0 Å². The second-order valence-corrected chi connectivity index (χ2v) is 6.02. The Morgan fingerprint density at radius 2 is 1.78 bits per heavy atom. The van der Waals surface area contributed by atoms with Crippen LogP contribution < -0.4 is 11.3 Å². The van der Waals surface area contributed by atoms with Crippen molar-refractivity contribution in [3.63, 3.8) is 0 Å². The van der Waals surface area contributed by atoms with Gasteiger partial charge in [-0.1, -0.05) is 0 Å². The predicted octanol–water partition coefficient (Wildman–Crippen LogP) is 0.563. The van der Waals surface area contributed by atoms with E-state index in [2.05, 4.69) is 36.0 Å². The third-order valence-corrected chi connectivity index (χ3v) is 3.61. The maximum atomic E-state index is 11.0. The first-order valence-corrected chi connectivity index (χ1v) is 6.90. The molecule has 1 rings (SSSR count). The van der Waals surface area contributed by atoms with Gasteiger partial charge < -0.3 is 4.90 Å². The number of hydrogen-bond acceptors (Lipinski definition) is 4. The van der Waals surface area contributed by atoms with E-state index in [1.54, 1.807) is 0 Å². The first-order chi connectivity index (χ1) is 8.43. The topological polar surface area (TPSA) is 61.6 Å². The van der Waals surface area contributed by atoms with Gasteiger partial charge in [-0.15, -0.1) is 0 Å². The van der Waals surface area contributed by atoms with Crippen LogP contribution in [-0.2, 0) is 4.79 Å². The highest BCUT2D eigenvalue weighted by Crippen LogP contribution is 2.15. The Balaban J connectivity index is 2.11. The maximum Gasteiger partial charge on any atom is 0.233 e. The van der Waals surface area contributed by atoms with Crippen molar-refractivity contribution >= 4 is 5.91 Å². The molecule has 0 spiro atoms. The number of nitrogens with zero attached hydrogens (tertiary/aromatic N) is 2. The molecule has 1 amide bonds. The number of hydrazine groups is 1. The Labute approximate surface area is 111 Å². The first-order valence-electron chi connectivity index (χ1n) is 6.90. The second kappa shape index (κ2) is 7.07. The minimum atomic E-state index is -0.0625. The molecular formula is C13H28N4O. The van der Waals surface area contributed by atoms with Crippen LogP contribution >= 0.6 is 0 Å². The average Bonchev–Trinajstić information content (AvgIpc) is 2.33. The van der Waals surface area contributed by atoms with Gasteiger partial charge in [0, 0.05) is 38.1 Å². The fraction of sp³-hybridized carbons (Fsp3) is 0.923. The lowest BCUT2D eigenvalue weighted by molar-refractivity contribution is -0.121. The quantitative estimate of drug-likeness (QED) is 0.327. The number of piperazine rings is 1. The molecule has 0 aliphatic carbocycles. The minimum Gasteiger partial charge on any atom is -0.301 e. The smallest absolute Gasteiger partial charge is 0.233 e. The Morgan fingerprint density at radius 1 is 1.17 bits per heavy atom. The number of amides is 1. The number of hydrogen-bond donors (Lipinski definition) is 2. The number of carbonyl (C=O) groups excluding carboxylic acids is 1. The highest BCUT2D eigenvalue weighted by molar-refractivity contribution is 5.75. The molecule has 0 unspecified atom stereocenters. The maximum absolute atomic E-state index is 11.0. The fourth-order valence-electron chi connectivity index (χ4n) is 2.34. The van der Waals surface area contributed by atoms with E-state index in [4.69, 9.17) is 5.84 Å². The summed E-state index contributed by atoms with van der Waals surface area (Å²) >= 11 is 0. The molecule has 0 saturated carbocycles. The molecule has 18 heavy (non-hydrogen) atoms. The Morgan fingerprint density at radius 3 is 2.28 bits per heavy atom. The van der Waals surface area contributed by atoms with Crippen LogP contribution in [0.15, 0.2) is 0 Å². The van der Waals surface area contributed by atoms with Crippen LogP contribution in [0.3, 0.4) is 0 Å². The predicted molar refractivity (Wildman–Crippen MR) is 73.9 cm³/mol. The molecule has 0 radical (unpaired) electrons. The Hall–Kier alpha value is -0.650. The minimum absolute atomic E-state index is 0.0625. The van der Waals surface area contributed by atoms with E-state index in [9.17, 15) is 4.79 Å². The van der Waals surface area contributed by atoms with Crippen molar-refractivity contribution in [2.45, 2.75) is 45.6 Å². The second-order valence-electron chi connectivity index (χ2n) is 6.02. The highest BCUT2D eigenvalue weighted by atomic mass is 16.2. The van der Waals surface area contributed by atoms with E-state index in [-0.39, 0.29) is 11.4 Å². The monoisotopic (exact) mass is 256 g/mol. The van der Waals surface area contributed by atoms with E-state index in [1.165, 1.54) is 0 Å². The molecule has 0 aromatic heterocycles. The molecule has 106 valence electrons. The number of carbonyl (C=O) groups is 1. The van der Waals surface area contributed by atoms with Crippen LogP contribution in [0.25, 0.3) is 0 Å². The lowest BCUT2D eigenvalue weighted by atomic mass is 10.0. The number of rotatable bonds is 5. The molecule has 0 atom stereocenters. The lowest BCUT2D eigenvalue weighted by Crippen LogP contribution is -2.53. The van der Waals surface area contributed by atoms with Crippen molar-refractivity contribution < 1.29 is 4.79 Å². The van der Waals surface area contributed by atoms with E-state index >= 15 is 0 Å². The Kier molecular flexibility index (Phi) is 6.05. The van der Waals surface area contributed by atoms with Crippen LogP contribution in [0.4, 0.5) is 0 Å². The van der Waals surface area contributed by atoms with Gasteiger partial charge in [0.05, 0.1) is 0 Å². The van der Waals surface area contributed by atoms with Gasteiger partial charge in [0.15, 0.2) is 0 Å². The molecule has 0 aromatic rings. The molecule has 0 aromatic carbocycles. The average molecular weight is 256 g/mol. The molecule has 1 fully saturated rings. The summed E-state index contributed by atoms with van der Waals surface area (Å²) < 4.78 is 0. The molecule has 1 saturated heterocycles. The van der Waals surface area contributed by atoms with Crippen molar-refractivity contribution in [1.29, 1.82) is 0 Å². The summed E-state index contributed by atoms with van der Waals surface area (Å²) in [6.07, 6.45) is 2.53. The first kappa shape index (κ1) is 15.4. The van der Waals surface area contributed by atoms with Gasteiger partial charge in [0.25, 0.3) is 0 Å². The van der Waals surface area contributed by atoms with Crippen molar-refractivity contribution in [2.75, 3.05) is 32.7 Å². The normalized spacial score (nSPS) is 18.9. The zero-order chi connectivity index (χ0) is 13.6. The summed E-state index contributed by atoms with van der Waals surface area (Å²) in [5.41, 5.74) is 2.45. The standard InChI is InChI=1S/C13H28N4O/c1-13(2,3)17-10-8-16(9-11-17)7-5-4-6-12(18)15-14/h4-11,14H2,1-3H3,(H,15,18). The van der Waals surface area contributed by atoms with E-state index < -0.39 is 0 Å². The van der Waals surface area contributed by atoms with Gasteiger partial charge in [0.2, 0.25) is 5.91 Å². The van der Waals surface area contributed by atoms with E-state index in [0.29, 0.717) is 6.42 Å². The number of nitrogens with two attached hydrogens (primary N) is 1. The molecule has 1 aliphatic heterocycles. The third-order valence-electron chi connectivity index (χ3n) is 3.61. The van der Waals surface area contributed by atoms with Crippen LogP contribution in [0, 0.1) is 0 Å². The van der Waals surface area contributed by atoms with E-state index in [1.807, 2.05) is 0 Å². The Bertz CT molecular complexity index is 254. The summed E-state index contributed by atoms with van der Waals surface area (Å²) in [5, 5.41) is 0. The third kappa shape index (κ3) is 5.33. The largest absolute Gasteiger partial charge is 0.301 e. The summed E-state index contributed by atoms with van der Waals surface area (Å²) in [4.78, 5) is 16.0. The molecule has 5 heteroatoms. The molecule has 1 heterocycles. The van der Waals surface area contributed by atoms with E-state index in [0.717, 1.165) is 45.6 Å². The molecule has 3 N–H and O–H groups in total. The molecule has 1 aliphatic rings. The van der Waals surface area contributed by atoms with Crippen molar-refractivity contribution in [3.05, 3.63) is 0 Å². The summed E-state index contributed by atoms with van der Waals surface area (Å²) in [6.45, 7) is 12.5. The summed E-state index contributed by atoms with van der Waals surface area (Å²) in [5.74, 6) is 4.98. The van der Waals surface area contributed by atoms with Gasteiger partial charge in [-0.3, -0.25) is 15.1 Å². The van der Waals surface area contributed by atoms with Gasteiger partial charge >= 0.3 is 0 Å². The van der Waals surface area contributed by atoms with Crippen molar-refractivity contribution in [1.82, 2.24) is 15.2 Å². The van der Waals surface area contributed by atoms with Gasteiger partial charge in [-0.05, 0) is 40.2 Å². The van der Waals surface area contributed by atoms with Gasteiger partial charge in [0.1, 0.15) is 0 Å². The van der Waals surface area contributed by atoms with Gasteiger partial charge in [-0.25, -0.2) is 5.84 Å². The summed E-state index contributed by atoms with van der Waals surface area (Å²) in [6, 6.07) is 0. The highest BCUT2D eigenvalue weighted by Gasteiger charge is 2.25.